The maximum atomic E-state index is 12.7. The normalized spacial score (nSPS) is 12.8. The Kier molecular flexibility index (Phi) is 5.98. The first-order valence-electron chi connectivity index (χ1n) is 9.58. The van der Waals surface area contributed by atoms with Gasteiger partial charge in [-0.3, -0.25) is 9.59 Å². The molecule has 0 saturated carbocycles. The molecule has 0 spiro atoms. The first kappa shape index (κ1) is 20.2. The second kappa shape index (κ2) is 9.17. The second-order valence-corrected chi connectivity index (χ2v) is 6.79. The van der Waals surface area contributed by atoms with Crippen LogP contribution in [-0.4, -0.2) is 37.1 Å². The molecule has 1 N–H and O–H groups in total. The van der Waals surface area contributed by atoms with Gasteiger partial charge in [0.2, 0.25) is 6.79 Å². The quantitative estimate of drug-likeness (QED) is 0.441. The molecular weight excluding hydrogens is 402 g/mol. The van der Waals surface area contributed by atoms with Gasteiger partial charge in [0.25, 0.3) is 5.91 Å². The van der Waals surface area contributed by atoms with Crippen molar-refractivity contribution in [3.8, 4) is 11.5 Å². The number of rotatable bonds is 8. The van der Waals surface area contributed by atoms with E-state index in [1.807, 2.05) is 30.3 Å². The van der Waals surface area contributed by atoms with Crippen LogP contribution in [0.1, 0.15) is 26.5 Å². The van der Waals surface area contributed by atoms with E-state index in [1.54, 1.807) is 24.3 Å². The van der Waals surface area contributed by atoms with Gasteiger partial charge < -0.3 is 23.9 Å². The monoisotopic (exact) mass is 421 g/mol. The van der Waals surface area contributed by atoms with E-state index in [4.69, 9.17) is 18.6 Å². The van der Waals surface area contributed by atoms with Gasteiger partial charge in [-0.25, -0.2) is 4.79 Å². The van der Waals surface area contributed by atoms with Crippen molar-refractivity contribution in [1.29, 1.82) is 0 Å². The SMILES string of the molecule is O=C(COC(=O)[C@H](Cc1ccccc1)NC(=O)c1ccco1)c1ccc2c(c1)OCO2. The standard InChI is InChI=1S/C23H19NO7/c25-18(16-8-9-19-21(12-16)31-14-30-19)13-29-23(27)17(11-15-5-2-1-3-6-15)24-22(26)20-7-4-10-28-20/h1-10,12,17H,11,13-14H2,(H,24,26)/t17-/m0/s1. The topological polar surface area (TPSA) is 104 Å². The molecule has 1 amide bonds. The molecule has 0 unspecified atom stereocenters. The lowest BCUT2D eigenvalue weighted by atomic mass is 10.1. The Balaban J connectivity index is 1.42. The third kappa shape index (κ3) is 4.92. The molecule has 8 nitrogen and oxygen atoms in total. The van der Waals surface area contributed by atoms with Crippen LogP contribution in [-0.2, 0) is 16.0 Å². The van der Waals surface area contributed by atoms with E-state index in [2.05, 4.69) is 5.32 Å². The predicted molar refractivity (Wildman–Crippen MR) is 108 cm³/mol. The van der Waals surface area contributed by atoms with Crippen LogP contribution >= 0.6 is 0 Å². The van der Waals surface area contributed by atoms with Gasteiger partial charge in [0.05, 0.1) is 6.26 Å². The molecule has 0 radical (unpaired) electrons. The maximum absolute atomic E-state index is 12.7. The molecule has 4 rings (SSSR count). The van der Waals surface area contributed by atoms with Crippen molar-refractivity contribution in [1.82, 2.24) is 5.32 Å². The highest BCUT2D eigenvalue weighted by Gasteiger charge is 2.25. The molecule has 158 valence electrons. The summed E-state index contributed by atoms with van der Waals surface area (Å²) in [4.78, 5) is 37.5. The Bertz CT molecular complexity index is 1080. The number of benzene rings is 2. The molecule has 0 aliphatic carbocycles. The van der Waals surface area contributed by atoms with Gasteiger partial charge in [-0.2, -0.15) is 0 Å². The summed E-state index contributed by atoms with van der Waals surface area (Å²) in [7, 11) is 0. The second-order valence-electron chi connectivity index (χ2n) is 6.79. The van der Waals surface area contributed by atoms with Crippen LogP contribution in [0.4, 0.5) is 0 Å². The number of ketones is 1. The van der Waals surface area contributed by atoms with Crippen LogP contribution in [0.15, 0.2) is 71.3 Å². The summed E-state index contributed by atoms with van der Waals surface area (Å²) in [6.45, 7) is -0.376. The first-order valence-corrected chi connectivity index (χ1v) is 9.58. The van der Waals surface area contributed by atoms with Gasteiger partial charge in [-0.15, -0.1) is 0 Å². The van der Waals surface area contributed by atoms with Crippen molar-refractivity contribution < 1.29 is 33.0 Å². The molecule has 0 fully saturated rings. The zero-order valence-corrected chi connectivity index (χ0v) is 16.4. The average Bonchev–Trinajstić information content (AvgIpc) is 3.49. The largest absolute Gasteiger partial charge is 0.459 e. The average molecular weight is 421 g/mol. The van der Waals surface area contributed by atoms with Gasteiger partial charge in [-0.05, 0) is 35.9 Å². The van der Waals surface area contributed by atoms with Crippen LogP contribution in [0.25, 0.3) is 0 Å². The number of hydrogen-bond donors (Lipinski definition) is 1. The summed E-state index contributed by atoms with van der Waals surface area (Å²) < 4.78 is 20.8. The number of fused-ring (bicyclic) bond motifs is 1. The molecule has 1 atom stereocenters. The van der Waals surface area contributed by atoms with E-state index in [9.17, 15) is 14.4 Å². The number of carbonyl (C=O) groups excluding carboxylic acids is 3. The highest BCUT2D eigenvalue weighted by molar-refractivity contribution is 5.99. The minimum Gasteiger partial charge on any atom is -0.459 e. The minimum absolute atomic E-state index is 0.0716. The van der Waals surface area contributed by atoms with Crippen molar-refractivity contribution >= 4 is 17.7 Å². The van der Waals surface area contributed by atoms with Crippen molar-refractivity contribution in [3.05, 3.63) is 83.8 Å². The molecule has 2 heterocycles. The van der Waals surface area contributed by atoms with E-state index < -0.39 is 30.3 Å². The maximum Gasteiger partial charge on any atom is 0.329 e. The lowest BCUT2D eigenvalue weighted by Gasteiger charge is -2.17. The molecule has 1 aliphatic rings. The number of esters is 1. The molecule has 0 bridgehead atoms. The van der Waals surface area contributed by atoms with Gasteiger partial charge in [0.15, 0.2) is 29.6 Å². The van der Waals surface area contributed by atoms with Crippen LogP contribution in [0.2, 0.25) is 0 Å². The van der Waals surface area contributed by atoms with Gasteiger partial charge >= 0.3 is 5.97 Å². The summed E-state index contributed by atoms with van der Waals surface area (Å²) in [5.41, 5.74) is 1.16. The van der Waals surface area contributed by atoms with Crippen LogP contribution in [0, 0.1) is 0 Å². The zero-order chi connectivity index (χ0) is 21.6. The fourth-order valence-electron chi connectivity index (χ4n) is 3.07. The smallest absolute Gasteiger partial charge is 0.329 e. The molecule has 3 aromatic rings. The van der Waals surface area contributed by atoms with Gasteiger partial charge in [0, 0.05) is 12.0 Å². The van der Waals surface area contributed by atoms with Crippen molar-refractivity contribution in [2.75, 3.05) is 13.4 Å². The van der Waals surface area contributed by atoms with E-state index in [-0.39, 0.29) is 19.0 Å². The van der Waals surface area contributed by atoms with Crippen molar-refractivity contribution in [2.45, 2.75) is 12.5 Å². The third-order valence-corrected chi connectivity index (χ3v) is 4.66. The highest BCUT2D eigenvalue weighted by Crippen LogP contribution is 2.32. The number of nitrogens with one attached hydrogen (secondary N) is 1. The number of amides is 1. The third-order valence-electron chi connectivity index (χ3n) is 4.66. The van der Waals surface area contributed by atoms with E-state index in [1.165, 1.54) is 12.3 Å². The molecule has 1 aromatic heterocycles. The van der Waals surface area contributed by atoms with Crippen molar-refractivity contribution in [3.63, 3.8) is 0 Å². The molecule has 2 aromatic carbocycles. The van der Waals surface area contributed by atoms with E-state index in [0.29, 0.717) is 17.1 Å². The summed E-state index contributed by atoms with van der Waals surface area (Å²) in [6.07, 6.45) is 1.56. The lowest BCUT2D eigenvalue weighted by molar-refractivity contribution is -0.144. The van der Waals surface area contributed by atoms with E-state index in [0.717, 1.165) is 5.56 Å². The Morgan fingerprint density at radius 1 is 0.968 bits per heavy atom. The van der Waals surface area contributed by atoms with Gasteiger partial charge in [0.1, 0.15) is 6.04 Å². The Morgan fingerprint density at radius 3 is 2.55 bits per heavy atom. The van der Waals surface area contributed by atoms with Crippen LogP contribution in [0.5, 0.6) is 11.5 Å². The zero-order valence-electron chi connectivity index (χ0n) is 16.4. The number of carbonyl (C=O) groups is 3. The molecule has 31 heavy (non-hydrogen) atoms. The molecule has 0 saturated heterocycles. The van der Waals surface area contributed by atoms with E-state index >= 15 is 0 Å². The van der Waals surface area contributed by atoms with Crippen molar-refractivity contribution in [2.24, 2.45) is 0 Å². The number of ether oxygens (including phenoxy) is 3. The number of furan rings is 1. The molecular formula is C23H19NO7. The summed E-state index contributed by atoms with van der Waals surface area (Å²) >= 11 is 0. The Labute approximate surface area is 177 Å². The van der Waals surface area contributed by atoms with Crippen LogP contribution < -0.4 is 14.8 Å². The Hall–Kier alpha value is -4.07. The number of Topliss-reactive ketones (excluding diaryl/α,β-unsaturated/α-hetero) is 1. The first-order chi connectivity index (χ1) is 15.1. The molecule has 1 aliphatic heterocycles. The predicted octanol–water partition coefficient (Wildman–Crippen LogP) is 2.78. The van der Waals surface area contributed by atoms with Crippen LogP contribution in [0.3, 0.4) is 0 Å². The fraction of sp³-hybridized carbons (Fsp3) is 0.174. The minimum atomic E-state index is -0.996. The summed E-state index contributed by atoms with van der Waals surface area (Å²) in [5.74, 6) is -0.588. The number of hydrogen-bond acceptors (Lipinski definition) is 7. The lowest BCUT2D eigenvalue weighted by Crippen LogP contribution is -2.43. The fourth-order valence-corrected chi connectivity index (χ4v) is 3.07. The summed E-state index contributed by atoms with van der Waals surface area (Å²) in [6, 6.07) is 16.0. The Morgan fingerprint density at radius 2 is 1.77 bits per heavy atom. The summed E-state index contributed by atoms with van der Waals surface area (Å²) in [5, 5.41) is 2.61. The highest BCUT2D eigenvalue weighted by atomic mass is 16.7. The van der Waals surface area contributed by atoms with Gasteiger partial charge in [-0.1, -0.05) is 30.3 Å². The molecule has 8 heteroatoms.